The predicted octanol–water partition coefficient (Wildman–Crippen LogP) is 2.44. The summed E-state index contributed by atoms with van der Waals surface area (Å²) in [5, 5.41) is 12.3. The fourth-order valence-electron chi connectivity index (χ4n) is 3.49. The van der Waals surface area contributed by atoms with Crippen LogP contribution in [0, 0.1) is 11.6 Å². The van der Waals surface area contributed by atoms with Gasteiger partial charge in [-0.3, -0.25) is 4.90 Å². The number of benzene rings is 2. The second-order valence-electron chi connectivity index (χ2n) is 7.31. The van der Waals surface area contributed by atoms with Crippen molar-refractivity contribution in [3.05, 3.63) is 70.8 Å². The molecule has 0 aliphatic carbocycles. The largest absolute Gasteiger partial charge is 0.478 e. The average Bonchev–Trinajstić information content (AvgIpc) is 2.74. The van der Waals surface area contributed by atoms with Crippen LogP contribution < -0.4 is 5.32 Å². The van der Waals surface area contributed by atoms with Crippen LogP contribution in [0.4, 0.5) is 8.78 Å². The molecule has 1 saturated heterocycles. The maximum absolute atomic E-state index is 13.4. The van der Waals surface area contributed by atoms with E-state index < -0.39 is 23.5 Å². The molecule has 2 atom stereocenters. The zero-order valence-electron chi connectivity index (χ0n) is 16.4. The van der Waals surface area contributed by atoms with Gasteiger partial charge in [-0.2, -0.15) is 0 Å². The number of ether oxygens (including phenoxy) is 1. The number of hydrogen-bond acceptors (Lipinski definition) is 5. The zero-order chi connectivity index (χ0) is 21.5. The summed E-state index contributed by atoms with van der Waals surface area (Å²) in [6.07, 6.45) is 0.687. The van der Waals surface area contributed by atoms with Crippen molar-refractivity contribution in [1.82, 2.24) is 10.2 Å². The Balaban J connectivity index is 1.50. The number of morpholine rings is 1. The van der Waals surface area contributed by atoms with Crippen LogP contribution in [0.25, 0.3) is 0 Å². The third-order valence-electron chi connectivity index (χ3n) is 5.08. The van der Waals surface area contributed by atoms with Crippen molar-refractivity contribution in [2.45, 2.75) is 18.6 Å². The Morgan fingerprint density at radius 3 is 2.83 bits per heavy atom. The normalized spacial score (nSPS) is 18.1. The lowest BCUT2D eigenvalue weighted by molar-refractivity contribution is -0.109. The highest BCUT2D eigenvalue weighted by atomic mass is 19.2. The van der Waals surface area contributed by atoms with Gasteiger partial charge in [-0.25, -0.2) is 13.6 Å². The first-order valence-electron chi connectivity index (χ1n) is 9.73. The Bertz CT molecular complexity index is 893. The zero-order valence-corrected chi connectivity index (χ0v) is 16.4. The molecule has 8 heteroatoms. The lowest BCUT2D eigenvalue weighted by Crippen LogP contribution is -2.46. The third kappa shape index (κ3) is 5.91. The Morgan fingerprint density at radius 2 is 2.10 bits per heavy atom. The molecule has 0 bridgehead atoms. The van der Waals surface area contributed by atoms with Gasteiger partial charge in [0.25, 0.3) is 0 Å². The molecule has 3 rings (SSSR count). The number of halogens is 2. The summed E-state index contributed by atoms with van der Waals surface area (Å²) in [6, 6.07) is 10.2. The number of carboxylic acids is 1. The Morgan fingerprint density at radius 1 is 1.27 bits per heavy atom. The molecular formula is C22H24F2N2O4. The van der Waals surface area contributed by atoms with Gasteiger partial charge in [-0.05, 0) is 35.4 Å². The lowest BCUT2D eigenvalue weighted by Gasteiger charge is -2.33. The SMILES string of the molecule is O=CC(CNC[C@H]1CN(Cc2ccc(F)c(F)c2)CCO1)c1cccc(C(=O)O)c1. The molecule has 1 aliphatic rings. The first-order valence-corrected chi connectivity index (χ1v) is 9.73. The highest BCUT2D eigenvalue weighted by Crippen LogP contribution is 2.16. The summed E-state index contributed by atoms with van der Waals surface area (Å²) >= 11 is 0. The molecule has 2 aromatic carbocycles. The molecule has 1 heterocycles. The minimum atomic E-state index is -1.04. The summed E-state index contributed by atoms with van der Waals surface area (Å²) < 4.78 is 32.2. The molecule has 0 amide bonds. The van der Waals surface area contributed by atoms with E-state index in [2.05, 4.69) is 10.2 Å². The van der Waals surface area contributed by atoms with Gasteiger partial charge in [-0.1, -0.05) is 18.2 Å². The van der Waals surface area contributed by atoms with Gasteiger partial charge in [0.2, 0.25) is 0 Å². The van der Waals surface area contributed by atoms with Crippen LogP contribution >= 0.6 is 0 Å². The number of carbonyl (C=O) groups excluding carboxylic acids is 1. The van der Waals surface area contributed by atoms with E-state index in [-0.39, 0.29) is 11.7 Å². The first-order chi connectivity index (χ1) is 14.5. The maximum atomic E-state index is 13.4. The lowest BCUT2D eigenvalue weighted by atomic mass is 9.98. The molecule has 0 saturated carbocycles. The predicted molar refractivity (Wildman–Crippen MR) is 106 cm³/mol. The monoisotopic (exact) mass is 418 g/mol. The summed E-state index contributed by atoms with van der Waals surface area (Å²) in [6.45, 7) is 3.19. The van der Waals surface area contributed by atoms with Crippen molar-refractivity contribution in [3.8, 4) is 0 Å². The topological polar surface area (TPSA) is 78.9 Å². The van der Waals surface area contributed by atoms with Gasteiger partial charge in [0, 0.05) is 32.7 Å². The van der Waals surface area contributed by atoms with Crippen molar-refractivity contribution < 1.29 is 28.2 Å². The number of carbonyl (C=O) groups is 2. The summed E-state index contributed by atoms with van der Waals surface area (Å²) in [7, 11) is 0. The van der Waals surface area contributed by atoms with E-state index in [1.807, 2.05) is 0 Å². The molecule has 0 spiro atoms. The van der Waals surface area contributed by atoms with Gasteiger partial charge >= 0.3 is 5.97 Å². The van der Waals surface area contributed by atoms with E-state index in [4.69, 9.17) is 9.84 Å². The maximum Gasteiger partial charge on any atom is 0.335 e. The molecule has 0 aromatic heterocycles. The van der Waals surface area contributed by atoms with Crippen molar-refractivity contribution >= 4 is 12.3 Å². The molecule has 6 nitrogen and oxygen atoms in total. The molecule has 30 heavy (non-hydrogen) atoms. The van der Waals surface area contributed by atoms with Gasteiger partial charge in [0.05, 0.1) is 24.2 Å². The summed E-state index contributed by atoms with van der Waals surface area (Å²) in [4.78, 5) is 24.7. The fraction of sp³-hybridized carbons (Fsp3) is 0.364. The Hall–Kier alpha value is -2.68. The highest BCUT2D eigenvalue weighted by molar-refractivity contribution is 5.88. The van der Waals surface area contributed by atoms with Crippen molar-refractivity contribution in [2.24, 2.45) is 0 Å². The minimum Gasteiger partial charge on any atom is -0.478 e. The number of carboxylic acid groups (broad SMARTS) is 1. The minimum absolute atomic E-state index is 0.110. The van der Waals surface area contributed by atoms with Gasteiger partial charge in [-0.15, -0.1) is 0 Å². The Kier molecular flexibility index (Phi) is 7.62. The van der Waals surface area contributed by atoms with Crippen molar-refractivity contribution in [2.75, 3.05) is 32.8 Å². The third-order valence-corrected chi connectivity index (χ3v) is 5.08. The van der Waals surface area contributed by atoms with Crippen LogP contribution in [0.1, 0.15) is 27.4 Å². The fourth-order valence-corrected chi connectivity index (χ4v) is 3.49. The van der Waals surface area contributed by atoms with Gasteiger partial charge in [0.1, 0.15) is 6.29 Å². The average molecular weight is 418 g/mol. The summed E-state index contributed by atoms with van der Waals surface area (Å²) in [5.41, 5.74) is 1.48. The molecule has 1 unspecified atom stereocenters. The van der Waals surface area contributed by atoms with Gasteiger partial charge in [0.15, 0.2) is 11.6 Å². The number of aldehydes is 1. The first kappa shape index (κ1) is 22.0. The van der Waals surface area contributed by atoms with E-state index in [1.165, 1.54) is 18.2 Å². The van der Waals surface area contributed by atoms with E-state index in [9.17, 15) is 18.4 Å². The quantitative estimate of drug-likeness (QED) is 0.609. The highest BCUT2D eigenvalue weighted by Gasteiger charge is 2.21. The number of aromatic carboxylic acids is 1. The van der Waals surface area contributed by atoms with Gasteiger partial charge < -0.3 is 20.0 Å². The van der Waals surface area contributed by atoms with Crippen LogP contribution in [0.5, 0.6) is 0 Å². The molecule has 1 fully saturated rings. The second kappa shape index (κ2) is 10.4. The molecule has 1 aliphatic heterocycles. The number of hydrogen-bond donors (Lipinski definition) is 2. The molecule has 0 radical (unpaired) electrons. The number of nitrogens with one attached hydrogen (secondary N) is 1. The molecule has 160 valence electrons. The molecule has 2 N–H and O–H groups in total. The van der Waals surface area contributed by atoms with Crippen LogP contribution in [0.15, 0.2) is 42.5 Å². The number of nitrogens with zero attached hydrogens (tertiary/aromatic N) is 1. The van der Waals surface area contributed by atoms with E-state index in [0.29, 0.717) is 50.5 Å². The smallest absolute Gasteiger partial charge is 0.335 e. The molecule has 2 aromatic rings. The summed E-state index contributed by atoms with van der Waals surface area (Å²) in [5.74, 6) is -3.22. The van der Waals surface area contributed by atoms with Crippen molar-refractivity contribution in [3.63, 3.8) is 0 Å². The number of rotatable bonds is 9. The van der Waals surface area contributed by atoms with E-state index in [0.717, 1.165) is 12.4 Å². The van der Waals surface area contributed by atoms with Crippen molar-refractivity contribution in [1.29, 1.82) is 0 Å². The van der Waals surface area contributed by atoms with Crippen LogP contribution in [-0.2, 0) is 16.1 Å². The van der Waals surface area contributed by atoms with E-state index in [1.54, 1.807) is 18.2 Å². The van der Waals surface area contributed by atoms with Crippen LogP contribution in [-0.4, -0.2) is 61.2 Å². The van der Waals surface area contributed by atoms with Crippen LogP contribution in [0.3, 0.4) is 0 Å². The van der Waals surface area contributed by atoms with E-state index >= 15 is 0 Å². The standard InChI is InChI=1S/C22H24F2N2O4/c23-20-5-4-15(8-21(20)24)12-26-6-7-30-19(13-26)11-25-10-18(14-27)16-2-1-3-17(9-16)22(28)29/h1-5,8-9,14,18-19,25H,6-7,10-13H2,(H,28,29)/t18?,19-/m0/s1. The Labute approximate surface area is 173 Å². The molecular weight excluding hydrogens is 394 g/mol. The second-order valence-corrected chi connectivity index (χ2v) is 7.31. The van der Waals surface area contributed by atoms with Crippen LogP contribution in [0.2, 0.25) is 0 Å².